The number of fused-ring (bicyclic) bond motifs is 1. The van der Waals surface area contributed by atoms with Crippen molar-refractivity contribution in [3.05, 3.63) is 18.2 Å². The van der Waals surface area contributed by atoms with Gasteiger partial charge >= 0.3 is 0 Å². The molecule has 1 N–H and O–H groups in total. The second kappa shape index (κ2) is 4.01. The summed E-state index contributed by atoms with van der Waals surface area (Å²) >= 11 is 0. The molecule has 0 radical (unpaired) electrons. The van der Waals surface area contributed by atoms with E-state index in [1.165, 1.54) is 5.69 Å². The smallest absolute Gasteiger partial charge is 0.144 e. The van der Waals surface area contributed by atoms with Crippen molar-refractivity contribution in [3.8, 4) is 5.75 Å². The van der Waals surface area contributed by atoms with Crippen LogP contribution in [0.4, 0.5) is 11.4 Å². The van der Waals surface area contributed by atoms with Crippen molar-refractivity contribution in [1.29, 1.82) is 0 Å². The predicted octanol–water partition coefficient (Wildman–Crippen LogP) is 2.34. The number of ether oxygens (including phenoxy) is 1. The van der Waals surface area contributed by atoms with Gasteiger partial charge < -0.3 is 15.0 Å². The fourth-order valence-corrected chi connectivity index (χ4v) is 1.98. The number of hydrogen-bond acceptors (Lipinski definition) is 3. The number of nitrogens with zero attached hydrogens (tertiary/aromatic N) is 1. The summed E-state index contributed by atoms with van der Waals surface area (Å²) < 4.78 is 5.38. The molecule has 3 heteroatoms. The maximum absolute atomic E-state index is 5.38. The van der Waals surface area contributed by atoms with E-state index in [1.807, 2.05) is 12.1 Å². The molecule has 0 saturated heterocycles. The van der Waals surface area contributed by atoms with Crippen LogP contribution in [0.2, 0.25) is 0 Å². The van der Waals surface area contributed by atoms with Gasteiger partial charge in [0.25, 0.3) is 0 Å². The zero-order valence-electron chi connectivity index (χ0n) is 9.58. The first-order valence-electron chi connectivity index (χ1n) is 5.37. The molecule has 3 nitrogen and oxygen atoms in total. The molecular formula is C12H18N2O. The molecule has 1 heterocycles. The first-order valence-corrected chi connectivity index (χ1v) is 5.37. The molecule has 2 rings (SSSR count). The zero-order valence-corrected chi connectivity index (χ0v) is 9.58. The number of anilines is 2. The Kier molecular flexibility index (Phi) is 2.71. The van der Waals surface area contributed by atoms with Crippen LogP contribution in [0.15, 0.2) is 18.2 Å². The Morgan fingerprint density at radius 1 is 1.47 bits per heavy atom. The lowest BCUT2D eigenvalue weighted by Gasteiger charge is -2.20. The first-order chi connectivity index (χ1) is 7.22. The van der Waals surface area contributed by atoms with Crippen LogP contribution in [-0.2, 0) is 0 Å². The zero-order chi connectivity index (χ0) is 10.8. The third-order valence-corrected chi connectivity index (χ3v) is 2.92. The highest BCUT2D eigenvalue weighted by molar-refractivity contribution is 5.77. The van der Waals surface area contributed by atoms with Crippen LogP contribution in [0, 0.1) is 0 Å². The van der Waals surface area contributed by atoms with E-state index in [1.54, 1.807) is 7.11 Å². The molecule has 82 valence electrons. The van der Waals surface area contributed by atoms with Gasteiger partial charge in [0, 0.05) is 19.6 Å². The highest BCUT2D eigenvalue weighted by Gasteiger charge is 2.18. The summed E-state index contributed by atoms with van der Waals surface area (Å²) in [5.41, 5.74) is 2.34. The predicted molar refractivity (Wildman–Crippen MR) is 64.0 cm³/mol. The maximum Gasteiger partial charge on any atom is 0.144 e. The first kappa shape index (κ1) is 10.1. The molecular weight excluding hydrogens is 188 g/mol. The van der Waals surface area contributed by atoms with E-state index < -0.39 is 0 Å². The molecule has 0 spiro atoms. The topological polar surface area (TPSA) is 24.5 Å². The van der Waals surface area contributed by atoms with E-state index in [2.05, 4.69) is 30.3 Å². The largest absolute Gasteiger partial charge is 0.495 e. The molecule has 0 saturated carbocycles. The Hall–Kier alpha value is -1.38. The summed E-state index contributed by atoms with van der Waals surface area (Å²) in [5.74, 6) is 0.924. The molecule has 0 aliphatic carbocycles. The quantitative estimate of drug-likeness (QED) is 0.763. The lowest BCUT2D eigenvalue weighted by Crippen LogP contribution is -2.19. The summed E-state index contributed by atoms with van der Waals surface area (Å²) in [5, 5.41) is 3.51. The van der Waals surface area contributed by atoms with E-state index in [4.69, 9.17) is 4.74 Å². The third kappa shape index (κ3) is 1.87. The van der Waals surface area contributed by atoms with Crippen molar-refractivity contribution in [1.82, 2.24) is 0 Å². The number of rotatable bonds is 1. The van der Waals surface area contributed by atoms with Gasteiger partial charge in [0.15, 0.2) is 0 Å². The second-order valence-corrected chi connectivity index (χ2v) is 4.11. The molecule has 1 aromatic rings. The average molecular weight is 206 g/mol. The van der Waals surface area contributed by atoms with Crippen molar-refractivity contribution >= 4 is 11.4 Å². The lowest BCUT2D eigenvalue weighted by molar-refractivity contribution is 0.416. The molecule has 1 aromatic carbocycles. The number of para-hydroxylation sites is 1. The van der Waals surface area contributed by atoms with E-state index in [0.29, 0.717) is 6.04 Å². The SMILES string of the molecule is COc1cccc2c1NC(C)CCN2C. The van der Waals surface area contributed by atoms with Crippen molar-refractivity contribution < 1.29 is 4.74 Å². The van der Waals surface area contributed by atoms with Gasteiger partial charge in [-0.3, -0.25) is 0 Å². The summed E-state index contributed by atoms with van der Waals surface area (Å²) in [6.07, 6.45) is 1.15. The van der Waals surface area contributed by atoms with E-state index in [9.17, 15) is 0 Å². The van der Waals surface area contributed by atoms with Crippen LogP contribution in [0.25, 0.3) is 0 Å². The van der Waals surface area contributed by atoms with Gasteiger partial charge in [0.1, 0.15) is 11.4 Å². The minimum absolute atomic E-state index is 0.491. The highest BCUT2D eigenvalue weighted by atomic mass is 16.5. The van der Waals surface area contributed by atoms with Gasteiger partial charge in [0.2, 0.25) is 0 Å². The van der Waals surface area contributed by atoms with Crippen LogP contribution < -0.4 is 15.0 Å². The fourth-order valence-electron chi connectivity index (χ4n) is 1.98. The fraction of sp³-hybridized carbons (Fsp3) is 0.500. The molecule has 1 atom stereocenters. The van der Waals surface area contributed by atoms with Gasteiger partial charge in [-0.1, -0.05) is 6.07 Å². The third-order valence-electron chi connectivity index (χ3n) is 2.92. The molecule has 0 fully saturated rings. The van der Waals surface area contributed by atoms with Crippen LogP contribution in [0.5, 0.6) is 5.75 Å². The molecule has 1 unspecified atom stereocenters. The van der Waals surface area contributed by atoms with Crippen molar-refractivity contribution in [2.45, 2.75) is 19.4 Å². The number of nitrogens with one attached hydrogen (secondary N) is 1. The van der Waals surface area contributed by atoms with E-state index in [-0.39, 0.29) is 0 Å². The number of hydrogen-bond donors (Lipinski definition) is 1. The number of methoxy groups -OCH3 is 1. The Morgan fingerprint density at radius 2 is 2.27 bits per heavy atom. The van der Waals surface area contributed by atoms with Crippen LogP contribution >= 0.6 is 0 Å². The van der Waals surface area contributed by atoms with Crippen LogP contribution in [0.1, 0.15) is 13.3 Å². The van der Waals surface area contributed by atoms with Gasteiger partial charge in [-0.2, -0.15) is 0 Å². The molecule has 0 aromatic heterocycles. The summed E-state index contributed by atoms with van der Waals surface area (Å²) in [6.45, 7) is 3.28. The van der Waals surface area contributed by atoms with Crippen molar-refractivity contribution in [3.63, 3.8) is 0 Å². The average Bonchev–Trinajstić information content (AvgIpc) is 2.39. The molecule has 15 heavy (non-hydrogen) atoms. The van der Waals surface area contributed by atoms with Crippen LogP contribution in [0.3, 0.4) is 0 Å². The summed E-state index contributed by atoms with van der Waals surface area (Å²) in [4.78, 5) is 2.27. The minimum Gasteiger partial charge on any atom is -0.495 e. The van der Waals surface area contributed by atoms with Gasteiger partial charge in [-0.05, 0) is 25.5 Å². The number of benzene rings is 1. The van der Waals surface area contributed by atoms with E-state index in [0.717, 1.165) is 24.4 Å². The molecule has 0 amide bonds. The van der Waals surface area contributed by atoms with Gasteiger partial charge in [-0.25, -0.2) is 0 Å². The monoisotopic (exact) mass is 206 g/mol. The highest BCUT2D eigenvalue weighted by Crippen LogP contribution is 2.36. The minimum atomic E-state index is 0.491. The molecule has 1 aliphatic heterocycles. The van der Waals surface area contributed by atoms with E-state index >= 15 is 0 Å². The van der Waals surface area contributed by atoms with Gasteiger partial charge in [0.05, 0.1) is 12.8 Å². The Balaban J connectivity index is 2.46. The van der Waals surface area contributed by atoms with Gasteiger partial charge in [-0.15, -0.1) is 0 Å². The second-order valence-electron chi connectivity index (χ2n) is 4.11. The normalized spacial score (nSPS) is 20.2. The van der Waals surface area contributed by atoms with Crippen LogP contribution in [-0.4, -0.2) is 26.7 Å². The van der Waals surface area contributed by atoms with Crippen molar-refractivity contribution in [2.75, 3.05) is 30.9 Å². The maximum atomic E-state index is 5.38. The summed E-state index contributed by atoms with van der Waals surface area (Å²) in [6, 6.07) is 6.65. The lowest BCUT2D eigenvalue weighted by atomic mass is 10.2. The Bertz CT molecular complexity index is 351. The summed E-state index contributed by atoms with van der Waals surface area (Å²) in [7, 11) is 3.84. The Labute approximate surface area is 91.0 Å². The Morgan fingerprint density at radius 3 is 3.00 bits per heavy atom. The molecule has 1 aliphatic rings. The standard InChI is InChI=1S/C12H18N2O/c1-9-7-8-14(2)10-5-4-6-11(15-3)12(10)13-9/h4-6,9,13H,7-8H2,1-3H3. The van der Waals surface area contributed by atoms with Crippen molar-refractivity contribution in [2.24, 2.45) is 0 Å². The molecule has 0 bridgehead atoms.